The molecule has 25 heavy (non-hydrogen) atoms. The van der Waals surface area contributed by atoms with Gasteiger partial charge in [0.05, 0.1) is 12.5 Å². The molecule has 1 amide bonds. The molecule has 0 spiro atoms. The van der Waals surface area contributed by atoms with E-state index >= 15 is 0 Å². The zero-order valence-corrected chi connectivity index (χ0v) is 13.8. The van der Waals surface area contributed by atoms with Crippen LogP contribution >= 0.6 is 0 Å². The molecule has 4 rings (SSSR count). The molecule has 1 atom stereocenters. The molecule has 1 unspecified atom stereocenters. The minimum atomic E-state index is -0.422. The number of rotatable bonds is 5. The highest BCUT2D eigenvalue weighted by atomic mass is 16.5. The standard InChI is InChI=1S/C17H18N4O4/c1-10(17-20-15(21-25-17)11-5-2-3-6-11)19-16(22)12-9-18-24-14(12)13-7-4-8-23-13/h4,7-11H,2-3,5-6H2,1H3,(H,19,22). The van der Waals surface area contributed by atoms with E-state index in [0.717, 1.165) is 18.7 Å². The van der Waals surface area contributed by atoms with Gasteiger partial charge in [-0.3, -0.25) is 4.79 Å². The number of carbonyl (C=O) groups excluding carboxylic acids is 1. The maximum atomic E-state index is 12.5. The average Bonchev–Trinajstić information content (AvgIpc) is 3.43. The lowest BCUT2D eigenvalue weighted by molar-refractivity contribution is 0.0932. The Bertz CT molecular complexity index is 846. The van der Waals surface area contributed by atoms with Gasteiger partial charge in [-0.05, 0) is 31.9 Å². The van der Waals surface area contributed by atoms with Crippen LogP contribution in [0.15, 0.2) is 38.1 Å². The van der Waals surface area contributed by atoms with E-state index in [0.29, 0.717) is 17.6 Å². The lowest BCUT2D eigenvalue weighted by Crippen LogP contribution is -2.27. The lowest BCUT2D eigenvalue weighted by atomic mass is 10.1. The van der Waals surface area contributed by atoms with Crippen LogP contribution in [0, 0.1) is 0 Å². The lowest BCUT2D eigenvalue weighted by Gasteiger charge is -2.08. The van der Waals surface area contributed by atoms with Crippen molar-refractivity contribution in [2.75, 3.05) is 0 Å². The van der Waals surface area contributed by atoms with Crippen molar-refractivity contribution in [3.05, 3.63) is 41.9 Å². The molecule has 1 aliphatic rings. The molecule has 0 bridgehead atoms. The fraction of sp³-hybridized carbons (Fsp3) is 0.412. The molecule has 130 valence electrons. The Morgan fingerprint density at radius 2 is 2.16 bits per heavy atom. The fourth-order valence-electron chi connectivity index (χ4n) is 3.10. The SMILES string of the molecule is CC(NC(=O)c1cnoc1-c1ccco1)c1nc(C2CCCC2)no1. The van der Waals surface area contributed by atoms with E-state index in [-0.39, 0.29) is 17.2 Å². The van der Waals surface area contributed by atoms with Crippen LogP contribution in [0.25, 0.3) is 11.5 Å². The summed E-state index contributed by atoms with van der Waals surface area (Å²) in [5.41, 5.74) is 0.289. The Morgan fingerprint density at radius 3 is 2.92 bits per heavy atom. The second-order valence-electron chi connectivity index (χ2n) is 6.21. The van der Waals surface area contributed by atoms with Crippen molar-refractivity contribution in [2.24, 2.45) is 0 Å². The van der Waals surface area contributed by atoms with E-state index in [9.17, 15) is 4.79 Å². The summed E-state index contributed by atoms with van der Waals surface area (Å²) in [6, 6.07) is 2.99. The summed E-state index contributed by atoms with van der Waals surface area (Å²) in [5.74, 6) is 1.87. The van der Waals surface area contributed by atoms with Gasteiger partial charge in [-0.1, -0.05) is 23.2 Å². The minimum absolute atomic E-state index is 0.284. The summed E-state index contributed by atoms with van der Waals surface area (Å²) in [6.45, 7) is 1.80. The molecule has 1 N–H and O–H groups in total. The minimum Gasteiger partial charge on any atom is -0.461 e. The predicted molar refractivity (Wildman–Crippen MR) is 85.6 cm³/mol. The maximum Gasteiger partial charge on any atom is 0.257 e. The second kappa shape index (κ2) is 6.54. The molecule has 3 heterocycles. The molecule has 3 aromatic heterocycles. The van der Waals surface area contributed by atoms with Crippen LogP contribution in [0.1, 0.15) is 66.6 Å². The number of amides is 1. The van der Waals surface area contributed by atoms with Crippen LogP contribution in [-0.4, -0.2) is 21.2 Å². The topological polar surface area (TPSA) is 107 Å². The van der Waals surface area contributed by atoms with E-state index in [1.54, 1.807) is 19.1 Å². The van der Waals surface area contributed by atoms with E-state index in [4.69, 9.17) is 13.5 Å². The number of carbonyl (C=O) groups is 1. The summed E-state index contributed by atoms with van der Waals surface area (Å²) < 4.78 is 15.7. The zero-order valence-electron chi connectivity index (χ0n) is 13.8. The highest BCUT2D eigenvalue weighted by molar-refractivity contribution is 5.98. The summed E-state index contributed by atoms with van der Waals surface area (Å²) >= 11 is 0. The highest BCUT2D eigenvalue weighted by Gasteiger charge is 2.26. The normalized spacial score (nSPS) is 16.2. The van der Waals surface area contributed by atoms with Gasteiger partial charge in [0.1, 0.15) is 11.6 Å². The molecule has 8 heteroatoms. The van der Waals surface area contributed by atoms with Crippen molar-refractivity contribution in [3.8, 4) is 11.5 Å². The van der Waals surface area contributed by atoms with Crippen LogP contribution in [0.4, 0.5) is 0 Å². The van der Waals surface area contributed by atoms with Crippen molar-refractivity contribution in [3.63, 3.8) is 0 Å². The largest absolute Gasteiger partial charge is 0.461 e. The predicted octanol–water partition coefficient (Wildman–Crippen LogP) is 3.47. The third kappa shape index (κ3) is 3.07. The maximum absolute atomic E-state index is 12.5. The molecule has 0 radical (unpaired) electrons. The van der Waals surface area contributed by atoms with Gasteiger partial charge in [-0.15, -0.1) is 0 Å². The molecule has 1 fully saturated rings. The van der Waals surface area contributed by atoms with Gasteiger partial charge >= 0.3 is 0 Å². The van der Waals surface area contributed by atoms with E-state index in [2.05, 4.69) is 20.6 Å². The molecule has 1 aliphatic carbocycles. The third-order valence-corrected chi connectivity index (χ3v) is 4.46. The highest BCUT2D eigenvalue weighted by Crippen LogP contribution is 2.32. The monoisotopic (exact) mass is 342 g/mol. The van der Waals surface area contributed by atoms with E-state index in [1.807, 2.05) is 0 Å². The number of furan rings is 1. The van der Waals surface area contributed by atoms with Crippen LogP contribution in [0.3, 0.4) is 0 Å². The molecule has 0 aliphatic heterocycles. The number of hydrogen-bond acceptors (Lipinski definition) is 7. The van der Waals surface area contributed by atoms with Crippen molar-refractivity contribution in [2.45, 2.75) is 44.6 Å². The third-order valence-electron chi connectivity index (χ3n) is 4.46. The first-order valence-corrected chi connectivity index (χ1v) is 8.35. The fourth-order valence-corrected chi connectivity index (χ4v) is 3.10. The number of aromatic nitrogens is 3. The number of nitrogens with zero attached hydrogens (tertiary/aromatic N) is 3. The summed E-state index contributed by atoms with van der Waals surface area (Å²) in [5, 5.41) is 10.6. The first-order chi connectivity index (χ1) is 12.2. The van der Waals surface area contributed by atoms with Gasteiger partial charge in [0.25, 0.3) is 5.91 Å². The first-order valence-electron chi connectivity index (χ1n) is 8.35. The average molecular weight is 342 g/mol. The van der Waals surface area contributed by atoms with Crippen molar-refractivity contribution >= 4 is 5.91 Å². The van der Waals surface area contributed by atoms with Crippen molar-refractivity contribution < 1.29 is 18.3 Å². The van der Waals surface area contributed by atoms with Crippen LogP contribution in [0.5, 0.6) is 0 Å². The zero-order chi connectivity index (χ0) is 17.2. The van der Waals surface area contributed by atoms with Crippen LogP contribution < -0.4 is 5.32 Å². The van der Waals surface area contributed by atoms with E-state index < -0.39 is 6.04 Å². The van der Waals surface area contributed by atoms with Gasteiger partial charge in [0.15, 0.2) is 11.6 Å². The number of hydrogen-bond donors (Lipinski definition) is 1. The summed E-state index contributed by atoms with van der Waals surface area (Å²) in [6.07, 6.45) is 7.44. The van der Waals surface area contributed by atoms with Gasteiger partial charge in [0, 0.05) is 5.92 Å². The molecular formula is C17H18N4O4. The van der Waals surface area contributed by atoms with Gasteiger partial charge in [0.2, 0.25) is 11.7 Å². The van der Waals surface area contributed by atoms with Crippen LogP contribution in [-0.2, 0) is 0 Å². The number of nitrogens with one attached hydrogen (secondary N) is 1. The smallest absolute Gasteiger partial charge is 0.257 e. The summed E-state index contributed by atoms with van der Waals surface area (Å²) in [4.78, 5) is 17.0. The molecule has 0 saturated heterocycles. The summed E-state index contributed by atoms with van der Waals surface area (Å²) in [7, 11) is 0. The molecule has 8 nitrogen and oxygen atoms in total. The Balaban J connectivity index is 1.47. The molecule has 3 aromatic rings. The van der Waals surface area contributed by atoms with Gasteiger partial charge in [-0.25, -0.2) is 0 Å². The Morgan fingerprint density at radius 1 is 1.32 bits per heavy atom. The quantitative estimate of drug-likeness (QED) is 0.756. The van der Waals surface area contributed by atoms with E-state index in [1.165, 1.54) is 25.3 Å². The Labute approximate surface area is 143 Å². The molecular weight excluding hydrogens is 324 g/mol. The second-order valence-corrected chi connectivity index (χ2v) is 6.21. The Hall–Kier alpha value is -2.90. The van der Waals surface area contributed by atoms with Gasteiger partial charge < -0.3 is 18.8 Å². The van der Waals surface area contributed by atoms with Gasteiger partial charge in [-0.2, -0.15) is 4.98 Å². The van der Waals surface area contributed by atoms with Crippen LogP contribution in [0.2, 0.25) is 0 Å². The molecule has 0 aromatic carbocycles. The van der Waals surface area contributed by atoms with Crippen molar-refractivity contribution in [1.82, 2.24) is 20.6 Å². The first kappa shape index (κ1) is 15.6. The Kier molecular flexibility index (Phi) is 4.09. The molecule has 1 saturated carbocycles. The van der Waals surface area contributed by atoms with Crippen molar-refractivity contribution in [1.29, 1.82) is 0 Å².